The third-order valence-corrected chi connectivity index (χ3v) is 4.75. The van der Waals surface area contributed by atoms with E-state index in [0.29, 0.717) is 18.7 Å². The van der Waals surface area contributed by atoms with E-state index >= 15 is 0 Å². The second kappa shape index (κ2) is 9.48. The van der Waals surface area contributed by atoms with Gasteiger partial charge in [0.2, 0.25) is 0 Å². The Morgan fingerprint density at radius 2 is 1.85 bits per heavy atom. The zero-order valence-corrected chi connectivity index (χ0v) is 15.7. The fourth-order valence-corrected chi connectivity index (χ4v) is 3.25. The number of anilines is 1. The van der Waals surface area contributed by atoms with Crippen molar-refractivity contribution in [1.82, 2.24) is 10.2 Å². The lowest BCUT2D eigenvalue weighted by Gasteiger charge is -2.36. The van der Waals surface area contributed by atoms with Gasteiger partial charge in [-0.1, -0.05) is 12.1 Å². The number of hydrogen-bond donors (Lipinski definition) is 1. The number of hydrogen-bond acceptors (Lipinski definition) is 4. The highest BCUT2D eigenvalue weighted by Gasteiger charge is 2.17. The maximum Gasteiger partial charge on any atom is 0.251 e. The molecule has 0 atom stereocenters. The number of amides is 1. The Kier molecular flexibility index (Phi) is 6.79. The molecule has 3 rings (SSSR count). The van der Waals surface area contributed by atoms with Crippen LogP contribution in [0.25, 0.3) is 0 Å². The minimum absolute atomic E-state index is 0.0740. The monoisotopic (exact) mass is 371 g/mol. The van der Waals surface area contributed by atoms with Crippen LogP contribution in [0.2, 0.25) is 0 Å². The predicted molar refractivity (Wildman–Crippen MR) is 105 cm³/mol. The van der Waals surface area contributed by atoms with Crippen molar-refractivity contribution in [2.24, 2.45) is 0 Å². The lowest BCUT2D eigenvalue weighted by Crippen LogP contribution is -2.46. The number of benzene rings is 2. The van der Waals surface area contributed by atoms with Gasteiger partial charge in [0.25, 0.3) is 5.91 Å². The first-order valence-corrected chi connectivity index (χ1v) is 9.24. The van der Waals surface area contributed by atoms with E-state index in [1.165, 1.54) is 12.1 Å². The Morgan fingerprint density at radius 1 is 1.11 bits per heavy atom. The number of rotatable bonds is 7. The van der Waals surface area contributed by atoms with Crippen LogP contribution in [0.3, 0.4) is 0 Å². The molecule has 1 saturated heterocycles. The summed E-state index contributed by atoms with van der Waals surface area (Å²) >= 11 is 0. The summed E-state index contributed by atoms with van der Waals surface area (Å²) in [6, 6.07) is 14.4. The van der Waals surface area contributed by atoms with Gasteiger partial charge < -0.3 is 15.0 Å². The number of halogens is 1. The van der Waals surface area contributed by atoms with Gasteiger partial charge in [-0.05, 0) is 42.0 Å². The molecule has 1 N–H and O–H groups in total. The topological polar surface area (TPSA) is 44.8 Å². The van der Waals surface area contributed by atoms with E-state index in [-0.39, 0.29) is 11.7 Å². The summed E-state index contributed by atoms with van der Waals surface area (Å²) in [7, 11) is 1.61. The van der Waals surface area contributed by atoms with Crippen LogP contribution in [0.1, 0.15) is 15.9 Å². The smallest absolute Gasteiger partial charge is 0.251 e. The van der Waals surface area contributed by atoms with Crippen molar-refractivity contribution in [3.05, 3.63) is 65.5 Å². The van der Waals surface area contributed by atoms with Gasteiger partial charge in [-0.25, -0.2) is 4.39 Å². The number of carbonyl (C=O) groups is 1. The highest BCUT2D eigenvalue weighted by atomic mass is 19.1. The number of ether oxygens (including phenoxy) is 1. The Hall–Kier alpha value is -2.44. The average Bonchev–Trinajstić information content (AvgIpc) is 2.70. The molecule has 0 spiro atoms. The van der Waals surface area contributed by atoms with E-state index < -0.39 is 0 Å². The molecule has 5 nitrogen and oxygen atoms in total. The van der Waals surface area contributed by atoms with E-state index in [4.69, 9.17) is 4.74 Å². The van der Waals surface area contributed by atoms with E-state index in [2.05, 4.69) is 21.2 Å². The number of piperazine rings is 1. The molecular weight excluding hydrogens is 345 g/mol. The van der Waals surface area contributed by atoms with Crippen molar-refractivity contribution in [3.63, 3.8) is 0 Å². The lowest BCUT2D eigenvalue weighted by molar-refractivity contribution is 0.0937. The fraction of sp³-hybridized carbons (Fsp3) is 0.381. The molecule has 1 fully saturated rings. The number of carbonyl (C=O) groups excluding carboxylic acids is 1. The first-order chi connectivity index (χ1) is 13.2. The summed E-state index contributed by atoms with van der Waals surface area (Å²) in [6.45, 7) is 5.50. The summed E-state index contributed by atoms with van der Waals surface area (Å²) in [6.07, 6.45) is 0. The van der Waals surface area contributed by atoms with E-state index in [1.807, 2.05) is 30.3 Å². The lowest BCUT2D eigenvalue weighted by atomic mass is 10.1. The van der Waals surface area contributed by atoms with Crippen LogP contribution in [-0.4, -0.2) is 57.2 Å². The van der Waals surface area contributed by atoms with Gasteiger partial charge in [0, 0.05) is 57.6 Å². The van der Waals surface area contributed by atoms with Gasteiger partial charge in [0.1, 0.15) is 5.82 Å². The summed E-state index contributed by atoms with van der Waals surface area (Å²) in [5.41, 5.74) is 2.86. The molecule has 27 heavy (non-hydrogen) atoms. The molecule has 0 aliphatic carbocycles. The van der Waals surface area contributed by atoms with Crippen molar-refractivity contribution >= 4 is 11.6 Å². The van der Waals surface area contributed by atoms with Gasteiger partial charge >= 0.3 is 0 Å². The summed E-state index contributed by atoms with van der Waals surface area (Å²) in [5.74, 6) is -0.279. The minimum atomic E-state index is -0.205. The average molecular weight is 371 g/mol. The molecule has 0 aromatic heterocycles. The van der Waals surface area contributed by atoms with Gasteiger partial charge in [-0.2, -0.15) is 0 Å². The first-order valence-electron chi connectivity index (χ1n) is 9.24. The SMILES string of the molecule is COCCNC(=O)c1cccc(CN2CCN(c3ccc(F)cc3)CC2)c1. The van der Waals surface area contributed by atoms with Crippen molar-refractivity contribution in [3.8, 4) is 0 Å². The van der Waals surface area contributed by atoms with Crippen LogP contribution in [0.4, 0.5) is 10.1 Å². The molecule has 0 bridgehead atoms. The van der Waals surface area contributed by atoms with Crippen LogP contribution in [-0.2, 0) is 11.3 Å². The summed E-state index contributed by atoms with van der Waals surface area (Å²) < 4.78 is 18.0. The highest BCUT2D eigenvalue weighted by molar-refractivity contribution is 5.94. The molecule has 1 aliphatic rings. The summed E-state index contributed by atoms with van der Waals surface area (Å²) in [4.78, 5) is 16.8. The first kappa shape index (κ1) is 19.3. The molecule has 144 valence electrons. The second-order valence-electron chi connectivity index (χ2n) is 6.69. The molecule has 6 heteroatoms. The van der Waals surface area contributed by atoms with Crippen molar-refractivity contribution < 1.29 is 13.9 Å². The molecular formula is C21H26FN3O2. The van der Waals surface area contributed by atoms with Crippen LogP contribution in [0, 0.1) is 5.82 Å². The maximum absolute atomic E-state index is 13.1. The Labute approximate surface area is 159 Å². The Bertz CT molecular complexity index is 743. The minimum Gasteiger partial charge on any atom is -0.383 e. The standard InChI is InChI=1S/C21H26FN3O2/c1-27-14-9-23-21(26)18-4-2-3-17(15-18)16-24-10-12-25(13-11-24)20-7-5-19(22)6-8-20/h2-8,15H,9-14,16H2,1H3,(H,23,26). The molecule has 0 unspecified atom stereocenters. The Morgan fingerprint density at radius 3 is 2.56 bits per heavy atom. The van der Waals surface area contributed by atoms with Gasteiger partial charge in [0.15, 0.2) is 0 Å². The normalized spacial score (nSPS) is 15.0. The third kappa shape index (κ3) is 5.52. The van der Waals surface area contributed by atoms with Gasteiger partial charge in [-0.3, -0.25) is 9.69 Å². The number of nitrogens with zero attached hydrogens (tertiary/aromatic N) is 2. The number of methoxy groups -OCH3 is 1. The quantitative estimate of drug-likeness (QED) is 0.760. The largest absolute Gasteiger partial charge is 0.383 e. The molecule has 1 aliphatic heterocycles. The van der Waals surface area contributed by atoms with Gasteiger partial charge in [-0.15, -0.1) is 0 Å². The second-order valence-corrected chi connectivity index (χ2v) is 6.69. The zero-order chi connectivity index (χ0) is 19.1. The predicted octanol–water partition coefficient (Wildman–Crippen LogP) is 2.52. The maximum atomic E-state index is 13.1. The van der Waals surface area contributed by atoms with Crippen LogP contribution >= 0.6 is 0 Å². The highest BCUT2D eigenvalue weighted by Crippen LogP contribution is 2.18. The molecule has 1 heterocycles. The zero-order valence-electron chi connectivity index (χ0n) is 15.7. The molecule has 0 saturated carbocycles. The molecule has 1 amide bonds. The molecule has 2 aromatic carbocycles. The van der Waals surface area contributed by atoms with E-state index in [0.717, 1.165) is 44.0 Å². The molecule has 0 radical (unpaired) electrons. The van der Waals surface area contributed by atoms with Crippen molar-refractivity contribution in [1.29, 1.82) is 0 Å². The Balaban J connectivity index is 1.52. The number of nitrogens with one attached hydrogen (secondary N) is 1. The van der Waals surface area contributed by atoms with Crippen molar-refractivity contribution in [2.45, 2.75) is 6.54 Å². The fourth-order valence-electron chi connectivity index (χ4n) is 3.25. The van der Waals surface area contributed by atoms with E-state index in [9.17, 15) is 9.18 Å². The van der Waals surface area contributed by atoms with Crippen LogP contribution in [0.15, 0.2) is 48.5 Å². The molecule has 2 aromatic rings. The van der Waals surface area contributed by atoms with Gasteiger partial charge in [0.05, 0.1) is 6.61 Å². The van der Waals surface area contributed by atoms with E-state index in [1.54, 1.807) is 7.11 Å². The summed E-state index contributed by atoms with van der Waals surface area (Å²) in [5, 5.41) is 2.85. The van der Waals surface area contributed by atoms with Crippen molar-refractivity contribution in [2.75, 3.05) is 51.3 Å². The van der Waals surface area contributed by atoms with Crippen LogP contribution in [0.5, 0.6) is 0 Å². The van der Waals surface area contributed by atoms with Crippen LogP contribution < -0.4 is 10.2 Å². The third-order valence-electron chi connectivity index (χ3n) is 4.75.